The second-order valence-corrected chi connectivity index (χ2v) is 5.01. The third-order valence-electron chi connectivity index (χ3n) is 2.60. The van der Waals surface area contributed by atoms with Crippen LogP contribution in [-0.4, -0.2) is 24.7 Å². The van der Waals surface area contributed by atoms with Crippen molar-refractivity contribution in [2.45, 2.75) is 19.3 Å². The van der Waals surface area contributed by atoms with Gasteiger partial charge < -0.3 is 10.1 Å². The van der Waals surface area contributed by atoms with Gasteiger partial charge in [0.05, 0.1) is 10.2 Å². The molecule has 0 aromatic carbocycles. The summed E-state index contributed by atoms with van der Waals surface area (Å²) < 4.78 is 6.57. The van der Waals surface area contributed by atoms with Gasteiger partial charge in [0.1, 0.15) is 0 Å². The summed E-state index contributed by atoms with van der Waals surface area (Å²) in [5.41, 5.74) is 1.09. The van der Waals surface area contributed by atoms with Gasteiger partial charge in [0.2, 0.25) is 0 Å². The smallest absolute Gasteiger partial charge is 0.0590 e. The van der Waals surface area contributed by atoms with Crippen LogP contribution in [0.15, 0.2) is 22.9 Å². The largest absolute Gasteiger partial charge is 0.384 e. The molecule has 88 valence electrons. The summed E-state index contributed by atoms with van der Waals surface area (Å²) in [4.78, 5) is 4.02. The van der Waals surface area contributed by atoms with Crippen molar-refractivity contribution in [3.63, 3.8) is 0 Å². The second kappa shape index (κ2) is 6.21. The molecule has 1 saturated carbocycles. The average molecular weight is 285 g/mol. The molecule has 1 aromatic heterocycles. The molecule has 0 radical (unpaired) electrons. The molecular weight excluding hydrogens is 268 g/mol. The lowest BCUT2D eigenvalue weighted by molar-refractivity contribution is 0.124. The number of ether oxygens (including phenoxy) is 1. The van der Waals surface area contributed by atoms with Gasteiger partial charge >= 0.3 is 0 Å². The van der Waals surface area contributed by atoms with E-state index in [4.69, 9.17) is 4.74 Å². The van der Waals surface area contributed by atoms with Crippen LogP contribution in [0.5, 0.6) is 0 Å². The number of halogens is 1. The van der Waals surface area contributed by atoms with Crippen molar-refractivity contribution in [3.8, 4) is 0 Å². The van der Waals surface area contributed by atoms with E-state index in [0.29, 0.717) is 0 Å². The maximum absolute atomic E-state index is 5.56. The summed E-state index contributed by atoms with van der Waals surface area (Å²) >= 11 is 3.45. The number of aromatic nitrogens is 1. The van der Waals surface area contributed by atoms with Crippen molar-refractivity contribution in [2.75, 3.05) is 25.1 Å². The third-order valence-corrected chi connectivity index (χ3v) is 3.24. The lowest BCUT2D eigenvalue weighted by Gasteiger charge is -2.08. The van der Waals surface area contributed by atoms with Gasteiger partial charge in [-0.1, -0.05) is 0 Å². The van der Waals surface area contributed by atoms with Crippen molar-refractivity contribution < 1.29 is 4.74 Å². The Kier molecular flexibility index (Phi) is 4.60. The monoisotopic (exact) mass is 284 g/mol. The number of nitrogens with zero attached hydrogens (tertiary/aromatic N) is 1. The zero-order valence-corrected chi connectivity index (χ0v) is 10.9. The maximum Gasteiger partial charge on any atom is 0.0590 e. The first-order chi connectivity index (χ1) is 7.86. The van der Waals surface area contributed by atoms with Gasteiger partial charge in [0.15, 0.2) is 0 Å². The first-order valence-corrected chi connectivity index (χ1v) is 6.56. The molecule has 1 aliphatic rings. The molecule has 1 heterocycles. The van der Waals surface area contributed by atoms with Crippen LogP contribution in [0.1, 0.15) is 19.3 Å². The third kappa shape index (κ3) is 4.10. The van der Waals surface area contributed by atoms with Gasteiger partial charge in [-0.25, -0.2) is 0 Å². The number of anilines is 1. The minimum Gasteiger partial charge on any atom is -0.384 e. The Morgan fingerprint density at radius 1 is 1.50 bits per heavy atom. The summed E-state index contributed by atoms with van der Waals surface area (Å²) in [5.74, 6) is 0.863. The number of pyridine rings is 1. The predicted octanol–water partition coefficient (Wildman–Crippen LogP) is 3.07. The zero-order chi connectivity index (χ0) is 11.2. The molecule has 16 heavy (non-hydrogen) atoms. The van der Waals surface area contributed by atoms with Gasteiger partial charge in [-0.2, -0.15) is 0 Å². The lowest BCUT2D eigenvalue weighted by atomic mass is 10.3. The standard InChI is InChI=1S/C12H17BrN2O/c13-11-8-14-6-4-12(11)15-5-1-7-16-9-10-2-3-10/h4,6,8,10H,1-3,5,7,9H2,(H,14,15). The highest BCUT2D eigenvalue weighted by Gasteiger charge is 2.20. The summed E-state index contributed by atoms with van der Waals surface area (Å²) in [5, 5.41) is 3.35. The minimum absolute atomic E-state index is 0.853. The number of hydrogen-bond donors (Lipinski definition) is 1. The quantitative estimate of drug-likeness (QED) is 0.782. The topological polar surface area (TPSA) is 34.2 Å². The Morgan fingerprint density at radius 2 is 2.38 bits per heavy atom. The Balaban J connectivity index is 1.55. The van der Waals surface area contributed by atoms with Gasteiger partial charge in [-0.3, -0.25) is 4.98 Å². The molecule has 0 bridgehead atoms. The fourth-order valence-corrected chi connectivity index (χ4v) is 1.84. The Hall–Kier alpha value is -0.610. The molecule has 0 spiro atoms. The van der Waals surface area contributed by atoms with Crippen molar-refractivity contribution in [2.24, 2.45) is 5.92 Å². The van der Waals surface area contributed by atoms with E-state index in [2.05, 4.69) is 26.2 Å². The fraction of sp³-hybridized carbons (Fsp3) is 0.583. The van der Waals surface area contributed by atoms with Gasteiger partial charge in [-0.15, -0.1) is 0 Å². The Labute approximate surface area is 105 Å². The lowest BCUT2D eigenvalue weighted by Crippen LogP contribution is -2.07. The fourth-order valence-electron chi connectivity index (χ4n) is 1.45. The molecule has 4 heteroatoms. The Bertz CT molecular complexity index is 329. The van der Waals surface area contributed by atoms with Crippen LogP contribution < -0.4 is 5.32 Å². The molecule has 1 N–H and O–H groups in total. The van der Waals surface area contributed by atoms with Crippen LogP contribution in [0.2, 0.25) is 0 Å². The normalized spacial score (nSPS) is 15.1. The molecule has 1 aromatic rings. The van der Waals surface area contributed by atoms with E-state index in [1.54, 1.807) is 12.4 Å². The molecule has 0 unspecified atom stereocenters. The van der Waals surface area contributed by atoms with Crippen molar-refractivity contribution in [1.29, 1.82) is 0 Å². The molecule has 1 fully saturated rings. The summed E-state index contributed by atoms with van der Waals surface area (Å²) in [7, 11) is 0. The number of nitrogens with one attached hydrogen (secondary N) is 1. The number of rotatable bonds is 7. The van der Waals surface area contributed by atoms with E-state index >= 15 is 0 Å². The van der Waals surface area contributed by atoms with Crippen molar-refractivity contribution in [1.82, 2.24) is 4.98 Å². The van der Waals surface area contributed by atoms with E-state index in [-0.39, 0.29) is 0 Å². The molecule has 0 atom stereocenters. The van der Waals surface area contributed by atoms with Gasteiger partial charge in [0.25, 0.3) is 0 Å². The second-order valence-electron chi connectivity index (χ2n) is 4.15. The van der Waals surface area contributed by atoms with Crippen LogP contribution in [0, 0.1) is 5.92 Å². The van der Waals surface area contributed by atoms with Crippen LogP contribution in [0.25, 0.3) is 0 Å². The van der Waals surface area contributed by atoms with Gasteiger partial charge in [-0.05, 0) is 47.2 Å². The predicted molar refractivity (Wildman–Crippen MR) is 68.6 cm³/mol. The van der Waals surface area contributed by atoms with E-state index in [9.17, 15) is 0 Å². The first-order valence-electron chi connectivity index (χ1n) is 5.77. The van der Waals surface area contributed by atoms with E-state index < -0.39 is 0 Å². The highest BCUT2D eigenvalue weighted by atomic mass is 79.9. The molecule has 1 aliphatic carbocycles. The van der Waals surface area contributed by atoms with E-state index in [0.717, 1.165) is 42.3 Å². The minimum atomic E-state index is 0.853. The zero-order valence-electron chi connectivity index (χ0n) is 9.29. The van der Waals surface area contributed by atoms with Crippen LogP contribution in [0.4, 0.5) is 5.69 Å². The summed E-state index contributed by atoms with van der Waals surface area (Å²) in [6, 6.07) is 1.97. The Morgan fingerprint density at radius 3 is 3.12 bits per heavy atom. The molecule has 0 aliphatic heterocycles. The summed E-state index contributed by atoms with van der Waals surface area (Å²) in [6.45, 7) is 2.75. The van der Waals surface area contributed by atoms with E-state index in [1.807, 2.05) is 6.07 Å². The molecule has 2 rings (SSSR count). The highest BCUT2D eigenvalue weighted by Crippen LogP contribution is 2.28. The molecule has 0 saturated heterocycles. The van der Waals surface area contributed by atoms with Crippen LogP contribution >= 0.6 is 15.9 Å². The maximum atomic E-state index is 5.56. The molecular formula is C12H17BrN2O. The van der Waals surface area contributed by atoms with Crippen LogP contribution in [-0.2, 0) is 4.74 Å². The average Bonchev–Trinajstić information content (AvgIpc) is 3.09. The molecule has 3 nitrogen and oxygen atoms in total. The first kappa shape index (κ1) is 11.9. The summed E-state index contributed by atoms with van der Waals surface area (Å²) in [6.07, 6.45) is 7.36. The highest BCUT2D eigenvalue weighted by molar-refractivity contribution is 9.10. The molecule has 0 amide bonds. The van der Waals surface area contributed by atoms with Crippen LogP contribution in [0.3, 0.4) is 0 Å². The number of hydrogen-bond acceptors (Lipinski definition) is 3. The van der Waals surface area contributed by atoms with Crippen molar-refractivity contribution >= 4 is 21.6 Å². The van der Waals surface area contributed by atoms with Gasteiger partial charge in [0, 0.05) is 32.2 Å². The SMILES string of the molecule is Brc1cnccc1NCCCOCC1CC1. The van der Waals surface area contributed by atoms with Crippen molar-refractivity contribution in [3.05, 3.63) is 22.9 Å². The van der Waals surface area contributed by atoms with E-state index in [1.165, 1.54) is 12.8 Å².